The largest absolute Gasteiger partial charge is 0.332 e. The van der Waals surface area contributed by atoms with Crippen molar-refractivity contribution >= 4 is 22.4 Å². The van der Waals surface area contributed by atoms with Crippen LogP contribution in [0, 0.1) is 5.82 Å². The van der Waals surface area contributed by atoms with Crippen molar-refractivity contribution in [1.29, 1.82) is 0 Å². The number of hydrogen-bond donors (Lipinski definition) is 0. The zero-order chi connectivity index (χ0) is 18.4. The minimum absolute atomic E-state index is 0.309. The number of aryl methyl sites for hydroxylation is 1. The highest BCUT2D eigenvalue weighted by Gasteiger charge is 2.17. The van der Waals surface area contributed by atoms with Crippen molar-refractivity contribution in [2.75, 3.05) is 0 Å². The summed E-state index contributed by atoms with van der Waals surface area (Å²) in [6.45, 7) is 0. The van der Waals surface area contributed by atoms with Crippen LogP contribution in [0.4, 0.5) is 4.39 Å². The molecule has 0 aliphatic rings. The van der Waals surface area contributed by atoms with Crippen LogP contribution in [0.3, 0.4) is 0 Å². The molecule has 4 aromatic rings. The van der Waals surface area contributed by atoms with Gasteiger partial charge in [-0.1, -0.05) is 18.2 Å². The molecule has 0 amide bonds. The van der Waals surface area contributed by atoms with Gasteiger partial charge in [-0.15, -0.1) is 11.3 Å². The topological polar surface area (TPSA) is 56.9 Å². The number of halogens is 1. The highest BCUT2D eigenvalue weighted by molar-refractivity contribution is 7.13. The quantitative estimate of drug-likeness (QED) is 0.547. The van der Waals surface area contributed by atoms with E-state index in [0.29, 0.717) is 27.9 Å². The maximum absolute atomic E-state index is 13.4. The van der Waals surface area contributed by atoms with Gasteiger partial charge >= 0.3 is 5.69 Å². The molecule has 0 atom stereocenters. The van der Waals surface area contributed by atoms with Gasteiger partial charge in [0.25, 0.3) is 5.56 Å². The first-order valence-corrected chi connectivity index (χ1v) is 8.76. The number of fused-ring (bicyclic) bond motifs is 1. The summed E-state index contributed by atoms with van der Waals surface area (Å²) < 4.78 is 15.8. The molecule has 26 heavy (non-hydrogen) atoms. The van der Waals surface area contributed by atoms with E-state index >= 15 is 0 Å². The Bertz CT molecular complexity index is 1240. The molecule has 1 aromatic carbocycles. The lowest BCUT2D eigenvalue weighted by molar-refractivity contribution is 0.628. The lowest BCUT2D eigenvalue weighted by Crippen LogP contribution is -2.37. The van der Waals surface area contributed by atoms with Gasteiger partial charge in [0.2, 0.25) is 0 Å². The zero-order valence-corrected chi connectivity index (χ0v) is 14.9. The molecule has 0 aliphatic heterocycles. The fraction of sp³-hybridized carbons (Fsp3) is 0.105. The number of pyridine rings is 1. The summed E-state index contributed by atoms with van der Waals surface area (Å²) in [6.07, 6.45) is 0. The van der Waals surface area contributed by atoms with Crippen LogP contribution in [0.15, 0.2) is 57.4 Å². The van der Waals surface area contributed by atoms with Crippen molar-refractivity contribution in [3.05, 3.63) is 74.5 Å². The molecular weight excluding hydrogens is 353 g/mol. The SMILES string of the molecule is Cn1c(=O)c2c(-c3ccc(F)cc3)cc(-c3cccs3)nc2n(C)c1=O. The molecular formula is C19H14FN3O2S. The second-order valence-electron chi connectivity index (χ2n) is 5.94. The minimum atomic E-state index is -0.441. The van der Waals surface area contributed by atoms with E-state index in [-0.39, 0.29) is 5.82 Å². The van der Waals surface area contributed by atoms with E-state index in [4.69, 9.17) is 0 Å². The molecule has 5 nitrogen and oxygen atoms in total. The van der Waals surface area contributed by atoms with E-state index in [1.165, 1.54) is 35.1 Å². The molecule has 0 saturated carbocycles. The maximum atomic E-state index is 13.4. The number of benzene rings is 1. The van der Waals surface area contributed by atoms with Gasteiger partial charge in [-0.05, 0) is 35.2 Å². The predicted octanol–water partition coefficient (Wildman–Crippen LogP) is 3.17. The number of rotatable bonds is 2. The summed E-state index contributed by atoms with van der Waals surface area (Å²) in [5.41, 5.74) is 1.41. The van der Waals surface area contributed by atoms with Crippen LogP contribution in [0.5, 0.6) is 0 Å². The minimum Gasteiger partial charge on any atom is -0.280 e. The van der Waals surface area contributed by atoms with E-state index < -0.39 is 11.2 Å². The van der Waals surface area contributed by atoms with Crippen molar-refractivity contribution < 1.29 is 4.39 Å². The molecule has 0 N–H and O–H groups in total. The Balaban J connectivity index is 2.19. The molecule has 0 aliphatic carbocycles. The van der Waals surface area contributed by atoms with Gasteiger partial charge in [0.05, 0.1) is 16.0 Å². The van der Waals surface area contributed by atoms with Gasteiger partial charge in [0, 0.05) is 19.7 Å². The van der Waals surface area contributed by atoms with Gasteiger partial charge in [-0.25, -0.2) is 14.2 Å². The molecule has 7 heteroatoms. The van der Waals surface area contributed by atoms with Crippen LogP contribution in [0.1, 0.15) is 0 Å². The third kappa shape index (κ3) is 2.48. The van der Waals surface area contributed by atoms with Gasteiger partial charge in [0.15, 0.2) is 5.65 Å². The van der Waals surface area contributed by atoms with Crippen molar-refractivity contribution in [2.45, 2.75) is 0 Å². The molecule has 0 unspecified atom stereocenters. The van der Waals surface area contributed by atoms with Crippen LogP contribution < -0.4 is 11.2 Å². The van der Waals surface area contributed by atoms with Crippen molar-refractivity contribution in [3.8, 4) is 21.7 Å². The van der Waals surface area contributed by atoms with Crippen LogP contribution in [-0.4, -0.2) is 14.1 Å². The normalized spacial score (nSPS) is 11.2. The van der Waals surface area contributed by atoms with E-state index in [1.807, 2.05) is 23.6 Å². The number of thiophene rings is 1. The van der Waals surface area contributed by atoms with Gasteiger partial charge in [0.1, 0.15) is 5.82 Å². The van der Waals surface area contributed by atoms with Gasteiger partial charge < -0.3 is 0 Å². The predicted molar refractivity (Wildman–Crippen MR) is 101 cm³/mol. The fourth-order valence-electron chi connectivity index (χ4n) is 2.96. The first-order chi connectivity index (χ1) is 12.5. The Labute approximate surface area is 151 Å². The molecule has 3 aromatic heterocycles. The second-order valence-corrected chi connectivity index (χ2v) is 6.89. The van der Waals surface area contributed by atoms with Crippen LogP contribution >= 0.6 is 11.3 Å². The molecule has 0 saturated heterocycles. The van der Waals surface area contributed by atoms with Crippen molar-refractivity contribution in [3.63, 3.8) is 0 Å². The van der Waals surface area contributed by atoms with Crippen LogP contribution in [0.2, 0.25) is 0 Å². The van der Waals surface area contributed by atoms with Gasteiger partial charge in [-0.2, -0.15) is 0 Å². The summed E-state index contributed by atoms with van der Waals surface area (Å²) in [5, 5.41) is 2.27. The average molecular weight is 367 g/mol. The van der Waals surface area contributed by atoms with Gasteiger partial charge in [-0.3, -0.25) is 13.9 Å². The zero-order valence-electron chi connectivity index (χ0n) is 14.1. The standard InChI is InChI=1S/C19H14FN3O2S/c1-22-17-16(18(24)23(2)19(22)25)13(11-5-7-12(20)8-6-11)10-14(21-17)15-4-3-9-26-15/h3-10H,1-2H3. The molecule has 0 spiro atoms. The Morgan fingerprint density at radius 3 is 2.42 bits per heavy atom. The third-order valence-electron chi connectivity index (χ3n) is 4.34. The molecule has 4 rings (SSSR count). The number of hydrogen-bond acceptors (Lipinski definition) is 4. The Kier molecular flexibility index (Phi) is 3.81. The molecule has 130 valence electrons. The smallest absolute Gasteiger partial charge is 0.280 e. The first-order valence-electron chi connectivity index (χ1n) is 7.88. The van der Waals surface area contributed by atoms with Crippen LogP contribution in [0.25, 0.3) is 32.7 Å². The van der Waals surface area contributed by atoms with E-state index in [2.05, 4.69) is 4.98 Å². The monoisotopic (exact) mass is 367 g/mol. The van der Waals surface area contributed by atoms with E-state index in [9.17, 15) is 14.0 Å². The Hall–Kier alpha value is -3.06. The first kappa shape index (κ1) is 16.4. The second kappa shape index (κ2) is 6.03. The van der Waals surface area contributed by atoms with E-state index in [1.54, 1.807) is 19.2 Å². The average Bonchev–Trinajstić information content (AvgIpc) is 3.19. The third-order valence-corrected chi connectivity index (χ3v) is 5.23. The fourth-order valence-corrected chi connectivity index (χ4v) is 3.65. The number of aromatic nitrogens is 3. The summed E-state index contributed by atoms with van der Waals surface area (Å²) in [5.74, 6) is -0.356. The summed E-state index contributed by atoms with van der Waals surface area (Å²) >= 11 is 1.52. The number of nitrogens with zero attached hydrogens (tertiary/aromatic N) is 3. The Morgan fingerprint density at radius 1 is 1.04 bits per heavy atom. The summed E-state index contributed by atoms with van der Waals surface area (Å²) in [7, 11) is 3.02. The molecule has 3 heterocycles. The molecule has 0 fully saturated rings. The highest BCUT2D eigenvalue weighted by atomic mass is 32.1. The molecule has 0 radical (unpaired) electrons. The lowest BCUT2D eigenvalue weighted by atomic mass is 10.0. The van der Waals surface area contributed by atoms with E-state index in [0.717, 1.165) is 9.44 Å². The van der Waals surface area contributed by atoms with Crippen molar-refractivity contribution in [2.24, 2.45) is 14.1 Å². The maximum Gasteiger partial charge on any atom is 0.332 e. The summed E-state index contributed by atoms with van der Waals surface area (Å²) in [4.78, 5) is 30.6. The van der Waals surface area contributed by atoms with Crippen LogP contribution in [-0.2, 0) is 14.1 Å². The summed E-state index contributed by atoms with van der Waals surface area (Å²) in [6, 6.07) is 11.6. The highest BCUT2D eigenvalue weighted by Crippen LogP contribution is 2.31. The molecule has 0 bridgehead atoms. The lowest BCUT2D eigenvalue weighted by Gasteiger charge is -2.12. The Morgan fingerprint density at radius 2 is 1.77 bits per heavy atom. The van der Waals surface area contributed by atoms with Crippen molar-refractivity contribution in [1.82, 2.24) is 14.1 Å².